The molecule has 6 heteroatoms. The smallest absolute Gasteiger partial charge is 0.221 e. The van der Waals surface area contributed by atoms with Crippen LogP contribution >= 0.6 is 11.6 Å². The molecule has 0 unspecified atom stereocenters. The van der Waals surface area contributed by atoms with Gasteiger partial charge in [-0.3, -0.25) is 4.79 Å². The SMILES string of the molecule is CCNC(=NCc1cccc(Cl)c1)NCCC(=O)NC1CCCC1. The Labute approximate surface area is 149 Å². The van der Waals surface area contributed by atoms with Gasteiger partial charge in [-0.1, -0.05) is 36.6 Å². The number of nitrogens with one attached hydrogen (secondary N) is 3. The maximum Gasteiger partial charge on any atom is 0.221 e. The van der Waals surface area contributed by atoms with E-state index >= 15 is 0 Å². The van der Waals surface area contributed by atoms with E-state index in [-0.39, 0.29) is 5.91 Å². The van der Waals surface area contributed by atoms with Gasteiger partial charge >= 0.3 is 0 Å². The summed E-state index contributed by atoms with van der Waals surface area (Å²) in [5.41, 5.74) is 1.05. The number of halogens is 1. The zero-order chi connectivity index (χ0) is 17.2. The summed E-state index contributed by atoms with van der Waals surface area (Å²) in [5.74, 6) is 0.825. The van der Waals surface area contributed by atoms with Crippen LogP contribution in [-0.4, -0.2) is 31.0 Å². The van der Waals surface area contributed by atoms with Crippen LogP contribution in [0, 0.1) is 0 Å². The van der Waals surface area contributed by atoms with Crippen LogP contribution < -0.4 is 16.0 Å². The van der Waals surface area contributed by atoms with Gasteiger partial charge in [-0.25, -0.2) is 4.99 Å². The number of carbonyl (C=O) groups excluding carboxylic acids is 1. The number of amides is 1. The summed E-state index contributed by atoms with van der Waals surface area (Å²) in [6, 6.07) is 8.04. The zero-order valence-corrected chi connectivity index (χ0v) is 15.0. The van der Waals surface area contributed by atoms with E-state index in [1.165, 1.54) is 12.8 Å². The van der Waals surface area contributed by atoms with E-state index in [4.69, 9.17) is 11.6 Å². The van der Waals surface area contributed by atoms with Crippen molar-refractivity contribution in [1.29, 1.82) is 0 Å². The van der Waals surface area contributed by atoms with Gasteiger partial charge in [0.1, 0.15) is 0 Å². The molecule has 5 nitrogen and oxygen atoms in total. The van der Waals surface area contributed by atoms with Crippen LogP contribution in [0.1, 0.15) is 44.6 Å². The van der Waals surface area contributed by atoms with Gasteiger partial charge in [0, 0.05) is 30.6 Å². The van der Waals surface area contributed by atoms with Crippen LogP contribution in [0.15, 0.2) is 29.3 Å². The monoisotopic (exact) mass is 350 g/mol. The minimum Gasteiger partial charge on any atom is -0.357 e. The van der Waals surface area contributed by atoms with Crippen LogP contribution in [0.2, 0.25) is 5.02 Å². The maximum atomic E-state index is 11.9. The minimum absolute atomic E-state index is 0.111. The normalized spacial score (nSPS) is 15.3. The van der Waals surface area contributed by atoms with Crippen molar-refractivity contribution in [2.24, 2.45) is 4.99 Å². The molecule has 1 aliphatic carbocycles. The third-order valence-corrected chi connectivity index (χ3v) is 4.25. The lowest BCUT2D eigenvalue weighted by molar-refractivity contribution is -0.121. The average Bonchev–Trinajstić information content (AvgIpc) is 3.05. The van der Waals surface area contributed by atoms with E-state index in [1.54, 1.807) is 0 Å². The summed E-state index contributed by atoms with van der Waals surface area (Å²) >= 11 is 5.99. The van der Waals surface area contributed by atoms with E-state index in [0.717, 1.165) is 24.9 Å². The third kappa shape index (κ3) is 6.79. The number of aliphatic imine (C=N–C) groups is 1. The topological polar surface area (TPSA) is 65.5 Å². The van der Waals surface area contributed by atoms with Gasteiger partial charge < -0.3 is 16.0 Å². The summed E-state index contributed by atoms with van der Waals surface area (Å²) in [6.45, 7) is 3.91. The Morgan fingerprint density at radius 2 is 2.08 bits per heavy atom. The average molecular weight is 351 g/mol. The van der Waals surface area contributed by atoms with Crippen molar-refractivity contribution in [3.05, 3.63) is 34.9 Å². The summed E-state index contributed by atoms with van der Waals surface area (Å²) < 4.78 is 0. The summed E-state index contributed by atoms with van der Waals surface area (Å²) in [4.78, 5) is 16.5. The molecule has 0 atom stereocenters. The first kappa shape index (κ1) is 18.6. The molecule has 132 valence electrons. The van der Waals surface area contributed by atoms with Crippen molar-refractivity contribution in [3.63, 3.8) is 0 Å². The number of benzene rings is 1. The molecule has 1 aromatic rings. The Balaban J connectivity index is 1.75. The molecule has 1 amide bonds. The van der Waals surface area contributed by atoms with Gasteiger partial charge in [0.15, 0.2) is 5.96 Å². The van der Waals surface area contributed by atoms with Crippen molar-refractivity contribution in [2.45, 2.75) is 51.6 Å². The molecule has 24 heavy (non-hydrogen) atoms. The summed E-state index contributed by atoms with van der Waals surface area (Å²) in [7, 11) is 0. The second-order valence-electron chi connectivity index (χ2n) is 6.05. The van der Waals surface area contributed by atoms with Crippen molar-refractivity contribution in [2.75, 3.05) is 13.1 Å². The second kappa shape index (κ2) is 10.2. The third-order valence-electron chi connectivity index (χ3n) is 4.02. The highest BCUT2D eigenvalue weighted by Gasteiger charge is 2.16. The first-order valence-corrected chi connectivity index (χ1v) is 9.11. The largest absolute Gasteiger partial charge is 0.357 e. The molecule has 1 fully saturated rings. The van der Waals surface area contributed by atoms with Gasteiger partial charge in [0.05, 0.1) is 6.54 Å². The predicted molar refractivity (Wildman–Crippen MR) is 99.3 cm³/mol. The fraction of sp³-hybridized carbons (Fsp3) is 0.556. The standard InChI is InChI=1S/C18H27ClN4O/c1-2-20-18(22-13-14-6-5-7-15(19)12-14)21-11-10-17(24)23-16-8-3-4-9-16/h5-7,12,16H,2-4,8-11,13H2,1H3,(H,23,24)(H2,20,21,22). The Hall–Kier alpha value is -1.75. The number of nitrogens with zero attached hydrogens (tertiary/aromatic N) is 1. The Bertz CT molecular complexity index is 556. The number of hydrogen-bond donors (Lipinski definition) is 3. The molecule has 1 aliphatic rings. The molecular formula is C18H27ClN4O. The predicted octanol–water partition coefficient (Wildman–Crippen LogP) is 2.84. The molecule has 0 bridgehead atoms. The van der Waals surface area contributed by atoms with Gasteiger partial charge in [-0.15, -0.1) is 0 Å². The van der Waals surface area contributed by atoms with Crippen molar-refractivity contribution in [3.8, 4) is 0 Å². The van der Waals surface area contributed by atoms with Gasteiger partial charge in [0.25, 0.3) is 0 Å². The number of hydrogen-bond acceptors (Lipinski definition) is 2. The molecule has 0 saturated heterocycles. The molecule has 1 saturated carbocycles. The number of rotatable bonds is 7. The van der Waals surface area contributed by atoms with E-state index in [2.05, 4.69) is 20.9 Å². The fourth-order valence-electron chi connectivity index (χ4n) is 2.81. The van der Waals surface area contributed by atoms with Crippen LogP contribution in [0.4, 0.5) is 0 Å². The maximum absolute atomic E-state index is 11.9. The van der Waals surface area contributed by atoms with E-state index < -0.39 is 0 Å². The van der Waals surface area contributed by atoms with Crippen molar-refractivity contribution >= 4 is 23.5 Å². The fourth-order valence-corrected chi connectivity index (χ4v) is 3.02. The zero-order valence-electron chi connectivity index (χ0n) is 14.3. The van der Waals surface area contributed by atoms with Crippen LogP contribution in [-0.2, 0) is 11.3 Å². The molecule has 0 heterocycles. The number of guanidine groups is 1. The van der Waals surface area contributed by atoms with Crippen molar-refractivity contribution < 1.29 is 4.79 Å². The van der Waals surface area contributed by atoms with Gasteiger partial charge in [-0.2, -0.15) is 0 Å². The Morgan fingerprint density at radius 3 is 2.79 bits per heavy atom. The highest BCUT2D eigenvalue weighted by Crippen LogP contribution is 2.17. The molecule has 2 rings (SSSR count). The van der Waals surface area contributed by atoms with E-state index in [0.29, 0.717) is 36.5 Å². The summed E-state index contributed by atoms with van der Waals surface area (Å²) in [5, 5.41) is 10.2. The lowest BCUT2D eigenvalue weighted by Gasteiger charge is -2.14. The molecular weight excluding hydrogens is 324 g/mol. The minimum atomic E-state index is 0.111. The Kier molecular flexibility index (Phi) is 7.89. The number of carbonyl (C=O) groups is 1. The van der Waals surface area contributed by atoms with Crippen LogP contribution in [0.3, 0.4) is 0 Å². The highest BCUT2D eigenvalue weighted by molar-refractivity contribution is 6.30. The molecule has 0 aromatic heterocycles. The highest BCUT2D eigenvalue weighted by atomic mass is 35.5. The molecule has 0 spiro atoms. The van der Waals surface area contributed by atoms with Crippen LogP contribution in [0.25, 0.3) is 0 Å². The van der Waals surface area contributed by atoms with E-state index in [9.17, 15) is 4.79 Å². The molecule has 3 N–H and O–H groups in total. The lowest BCUT2D eigenvalue weighted by Crippen LogP contribution is -2.40. The first-order chi connectivity index (χ1) is 11.7. The van der Waals surface area contributed by atoms with Crippen molar-refractivity contribution in [1.82, 2.24) is 16.0 Å². The summed E-state index contributed by atoms with van der Waals surface area (Å²) in [6.07, 6.45) is 5.14. The molecule has 0 radical (unpaired) electrons. The lowest BCUT2D eigenvalue weighted by atomic mass is 10.2. The molecule has 1 aromatic carbocycles. The van der Waals surface area contributed by atoms with Gasteiger partial charge in [-0.05, 0) is 37.5 Å². The second-order valence-corrected chi connectivity index (χ2v) is 6.49. The van der Waals surface area contributed by atoms with E-state index in [1.807, 2.05) is 31.2 Å². The van der Waals surface area contributed by atoms with Gasteiger partial charge in [0.2, 0.25) is 5.91 Å². The Morgan fingerprint density at radius 1 is 1.29 bits per heavy atom. The van der Waals surface area contributed by atoms with Crippen LogP contribution in [0.5, 0.6) is 0 Å². The molecule has 0 aliphatic heterocycles. The first-order valence-electron chi connectivity index (χ1n) is 8.73. The quantitative estimate of drug-likeness (QED) is 0.523.